The fourth-order valence-electron chi connectivity index (χ4n) is 1.07. The zero-order chi connectivity index (χ0) is 12.7. The SMILES string of the molecule is CCOC(=O)NCC(=O)Nc1ccc(F)cc1. The van der Waals surface area contributed by atoms with Crippen LogP contribution in [0.2, 0.25) is 0 Å². The van der Waals surface area contributed by atoms with Crippen molar-refractivity contribution in [3.05, 3.63) is 30.1 Å². The van der Waals surface area contributed by atoms with E-state index in [9.17, 15) is 14.0 Å². The summed E-state index contributed by atoms with van der Waals surface area (Å²) in [6.45, 7) is 1.71. The Bertz CT molecular complexity index is 392. The number of hydrogen-bond acceptors (Lipinski definition) is 3. The summed E-state index contributed by atoms with van der Waals surface area (Å²) in [5, 5.41) is 4.76. The largest absolute Gasteiger partial charge is 0.450 e. The van der Waals surface area contributed by atoms with Crippen LogP contribution in [0, 0.1) is 5.82 Å². The number of carbonyl (C=O) groups is 2. The molecule has 0 radical (unpaired) electrons. The van der Waals surface area contributed by atoms with Crippen molar-refractivity contribution in [2.75, 3.05) is 18.5 Å². The molecule has 0 fully saturated rings. The molecular weight excluding hydrogens is 227 g/mol. The van der Waals surface area contributed by atoms with E-state index in [1.165, 1.54) is 24.3 Å². The van der Waals surface area contributed by atoms with E-state index in [0.29, 0.717) is 5.69 Å². The molecule has 0 unspecified atom stereocenters. The molecule has 0 heterocycles. The van der Waals surface area contributed by atoms with Crippen molar-refractivity contribution in [2.24, 2.45) is 0 Å². The van der Waals surface area contributed by atoms with Crippen molar-refractivity contribution in [1.29, 1.82) is 0 Å². The topological polar surface area (TPSA) is 67.4 Å². The standard InChI is InChI=1S/C11H13FN2O3/c1-2-17-11(16)13-7-10(15)14-9-5-3-8(12)4-6-9/h3-6H,2,7H2,1H3,(H,13,16)(H,14,15). The maximum absolute atomic E-state index is 12.6. The third-order valence-electron chi connectivity index (χ3n) is 1.80. The number of carbonyl (C=O) groups excluding carboxylic acids is 2. The highest BCUT2D eigenvalue weighted by molar-refractivity contribution is 5.93. The summed E-state index contributed by atoms with van der Waals surface area (Å²) in [5.41, 5.74) is 0.460. The third kappa shape index (κ3) is 4.96. The smallest absolute Gasteiger partial charge is 0.407 e. The molecule has 2 amide bonds. The van der Waals surface area contributed by atoms with Crippen molar-refractivity contribution < 1.29 is 18.7 Å². The van der Waals surface area contributed by atoms with Gasteiger partial charge in [-0.2, -0.15) is 0 Å². The molecular formula is C11H13FN2O3. The summed E-state index contributed by atoms with van der Waals surface area (Å²) in [6.07, 6.45) is -0.651. The number of ether oxygens (including phenoxy) is 1. The molecule has 0 aliphatic heterocycles. The van der Waals surface area contributed by atoms with Gasteiger partial charge in [-0.05, 0) is 31.2 Å². The molecule has 0 aromatic heterocycles. The Balaban J connectivity index is 2.34. The average Bonchev–Trinajstić information content (AvgIpc) is 2.30. The first kappa shape index (κ1) is 13.0. The monoisotopic (exact) mass is 240 g/mol. The molecule has 0 saturated carbocycles. The zero-order valence-corrected chi connectivity index (χ0v) is 9.33. The maximum Gasteiger partial charge on any atom is 0.407 e. The second kappa shape index (κ2) is 6.47. The molecule has 1 aromatic rings. The summed E-state index contributed by atoms with van der Waals surface area (Å²) >= 11 is 0. The fourth-order valence-corrected chi connectivity index (χ4v) is 1.07. The Hall–Kier alpha value is -2.11. The Labute approximate surface area is 98.0 Å². The van der Waals surface area contributed by atoms with Crippen LogP contribution in [-0.2, 0) is 9.53 Å². The lowest BCUT2D eigenvalue weighted by molar-refractivity contribution is -0.115. The highest BCUT2D eigenvalue weighted by Gasteiger charge is 2.05. The molecule has 92 valence electrons. The molecule has 6 heteroatoms. The Morgan fingerprint density at radius 1 is 1.29 bits per heavy atom. The quantitative estimate of drug-likeness (QED) is 0.838. The van der Waals surface area contributed by atoms with Gasteiger partial charge in [-0.3, -0.25) is 4.79 Å². The summed E-state index contributed by atoms with van der Waals surface area (Å²) in [7, 11) is 0. The molecule has 0 spiro atoms. The van der Waals surface area contributed by atoms with Crippen LogP contribution < -0.4 is 10.6 Å². The van der Waals surface area contributed by atoms with Crippen molar-refractivity contribution in [3.8, 4) is 0 Å². The molecule has 0 aliphatic carbocycles. The summed E-state index contributed by atoms with van der Waals surface area (Å²) in [5.74, 6) is -0.794. The molecule has 5 nitrogen and oxygen atoms in total. The van der Waals surface area contributed by atoms with Gasteiger partial charge < -0.3 is 15.4 Å². The van der Waals surface area contributed by atoms with Crippen molar-refractivity contribution in [2.45, 2.75) is 6.92 Å². The number of rotatable bonds is 4. The number of amides is 2. The predicted molar refractivity (Wildman–Crippen MR) is 60.1 cm³/mol. The van der Waals surface area contributed by atoms with Crippen molar-refractivity contribution in [1.82, 2.24) is 5.32 Å². The van der Waals surface area contributed by atoms with Gasteiger partial charge in [-0.15, -0.1) is 0 Å². The number of nitrogens with one attached hydrogen (secondary N) is 2. The minimum Gasteiger partial charge on any atom is -0.450 e. The predicted octanol–water partition coefficient (Wildman–Crippen LogP) is 1.51. The van der Waals surface area contributed by atoms with Crippen LogP contribution in [0.5, 0.6) is 0 Å². The van der Waals surface area contributed by atoms with E-state index in [1.54, 1.807) is 6.92 Å². The summed E-state index contributed by atoms with van der Waals surface area (Å²) in [6, 6.07) is 5.32. The molecule has 1 rings (SSSR count). The average molecular weight is 240 g/mol. The number of hydrogen-bond donors (Lipinski definition) is 2. The Kier molecular flexibility index (Phi) is 4.93. The number of benzene rings is 1. The van der Waals surface area contributed by atoms with Gasteiger partial charge in [0.15, 0.2) is 0 Å². The lowest BCUT2D eigenvalue weighted by Gasteiger charge is -2.06. The number of alkyl carbamates (subject to hydrolysis) is 1. The number of halogens is 1. The first-order chi connectivity index (χ1) is 8.11. The second-order valence-corrected chi connectivity index (χ2v) is 3.13. The van der Waals surface area contributed by atoms with Crippen LogP contribution in [0.15, 0.2) is 24.3 Å². The summed E-state index contributed by atoms with van der Waals surface area (Å²) in [4.78, 5) is 22.2. The van der Waals surface area contributed by atoms with Gasteiger partial charge >= 0.3 is 6.09 Å². The van der Waals surface area contributed by atoms with Crippen LogP contribution in [-0.4, -0.2) is 25.2 Å². The van der Waals surface area contributed by atoms with Crippen LogP contribution in [0.1, 0.15) is 6.92 Å². The Morgan fingerprint density at radius 2 is 1.94 bits per heavy atom. The minimum atomic E-state index is -0.651. The van der Waals surface area contributed by atoms with Gasteiger partial charge in [-0.1, -0.05) is 0 Å². The molecule has 2 N–H and O–H groups in total. The van der Waals surface area contributed by atoms with Gasteiger partial charge in [0.25, 0.3) is 0 Å². The Morgan fingerprint density at radius 3 is 2.53 bits per heavy atom. The molecule has 17 heavy (non-hydrogen) atoms. The summed E-state index contributed by atoms with van der Waals surface area (Å²) < 4.78 is 17.2. The second-order valence-electron chi connectivity index (χ2n) is 3.13. The first-order valence-corrected chi connectivity index (χ1v) is 5.08. The highest BCUT2D eigenvalue weighted by atomic mass is 19.1. The van der Waals surface area contributed by atoms with Crippen molar-refractivity contribution >= 4 is 17.7 Å². The first-order valence-electron chi connectivity index (χ1n) is 5.08. The van der Waals surface area contributed by atoms with Gasteiger partial charge in [0.1, 0.15) is 12.4 Å². The van der Waals surface area contributed by atoms with E-state index in [-0.39, 0.29) is 19.0 Å². The molecule has 0 bridgehead atoms. The fraction of sp³-hybridized carbons (Fsp3) is 0.273. The molecule has 0 saturated heterocycles. The molecule has 0 atom stereocenters. The van der Waals surface area contributed by atoms with Crippen LogP contribution in [0.25, 0.3) is 0 Å². The lowest BCUT2D eigenvalue weighted by Crippen LogP contribution is -2.33. The van der Waals surface area contributed by atoms with E-state index in [1.807, 2.05) is 0 Å². The normalized spacial score (nSPS) is 9.53. The van der Waals surface area contributed by atoms with Gasteiger partial charge in [0.2, 0.25) is 5.91 Å². The van der Waals surface area contributed by atoms with Crippen LogP contribution in [0.4, 0.5) is 14.9 Å². The highest BCUT2D eigenvalue weighted by Crippen LogP contribution is 2.07. The molecule has 1 aromatic carbocycles. The molecule has 0 aliphatic rings. The lowest BCUT2D eigenvalue weighted by atomic mass is 10.3. The van der Waals surface area contributed by atoms with E-state index in [2.05, 4.69) is 15.4 Å². The maximum atomic E-state index is 12.6. The van der Waals surface area contributed by atoms with Crippen molar-refractivity contribution in [3.63, 3.8) is 0 Å². The van der Waals surface area contributed by atoms with Crippen LogP contribution in [0.3, 0.4) is 0 Å². The van der Waals surface area contributed by atoms with Crippen LogP contribution >= 0.6 is 0 Å². The third-order valence-corrected chi connectivity index (χ3v) is 1.80. The van der Waals surface area contributed by atoms with Gasteiger partial charge in [-0.25, -0.2) is 9.18 Å². The zero-order valence-electron chi connectivity index (χ0n) is 9.33. The van der Waals surface area contributed by atoms with E-state index in [4.69, 9.17) is 0 Å². The van der Waals surface area contributed by atoms with E-state index in [0.717, 1.165) is 0 Å². The van der Waals surface area contributed by atoms with Gasteiger partial charge in [0.05, 0.1) is 6.61 Å². The number of anilines is 1. The van der Waals surface area contributed by atoms with Gasteiger partial charge in [0, 0.05) is 5.69 Å². The van der Waals surface area contributed by atoms with E-state index >= 15 is 0 Å². The van der Waals surface area contributed by atoms with E-state index < -0.39 is 12.0 Å². The minimum absolute atomic E-state index is 0.198.